The van der Waals surface area contributed by atoms with Gasteiger partial charge in [-0.2, -0.15) is 8.42 Å². The first-order valence-corrected chi connectivity index (χ1v) is 6.74. The third-order valence-electron chi connectivity index (χ3n) is 2.15. The number of nitrogens with one attached hydrogen (secondary N) is 1. The molecule has 1 heterocycles. The van der Waals surface area contributed by atoms with Crippen LogP contribution >= 0.6 is 11.6 Å². The summed E-state index contributed by atoms with van der Waals surface area (Å²) in [6.45, 7) is 0. The second-order valence-corrected chi connectivity index (χ2v) is 5.69. The molecule has 0 spiro atoms. The van der Waals surface area contributed by atoms with E-state index >= 15 is 0 Å². The van der Waals surface area contributed by atoms with Crippen molar-refractivity contribution in [3.63, 3.8) is 0 Å². The molecular weight excluding hydrogens is 278 g/mol. The number of aryl methyl sites for hydroxylation is 1. The van der Waals surface area contributed by atoms with Crippen molar-refractivity contribution in [2.45, 2.75) is 5.03 Å². The zero-order valence-electron chi connectivity index (χ0n) is 9.33. The maximum Gasteiger partial charge on any atom is 0.280 e. The number of imidazole rings is 1. The van der Waals surface area contributed by atoms with Crippen molar-refractivity contribution in [3.8, 4) is 5.75 Å². The lowest BCUT2D eigenvalue weighted by atomic mass is 10.3. The second-order valence-electron chi connectivity index (χ2n) is 3.65. The number of sulfonamides is 1. The summed E-state index contributed by atoms with van der Waals surface area (Å²) in [6, 6.07) is 4.07. The molecule has 96 valence electrons. The fourth-order valence-corrected chi connectivity index (χ4v) is 2.46. The van der Waals surface area contributed by atoms with Gasteiger partial charge in [0.2, 0.25) is 0 Å². The van der Waals surface area contributed by atoms with Gasteiger partial charge in [-0.15, -0.1) is 0 Å². The summed E-state index contributed by atoms with van der Waals surface area (Å²) in [7, 11) is -2.09. The Morgan fingerprint density at radius 3 is 2.72 bits per heavy atom. The molecule has 0 saturated carbocycles. The zero-order chi connectivity index (χ0) is 13.3. The first-order valence-electron chi connectivity index (χ1n) is 4.88. The Labute approximate surface area is 109 Å². The normalized spacial score (nSPS) is 11.4. The highest BCUT2D eigenvalue weighted by molar-refractivity contribution is 7.92. The van der Waals surface area contributed by atoms with Gasteiger partial charge in [-0.05, 0) is 12.1 Å². The number of benzene rings is 1. The molecule has 18 heavy (non-hydrogen) atoms. The summed E-state index contributed by atoms with van der Waals surface area (Å²) in [5, 5.41) is 9.44. The lowest BCUT2D eigenvalue weighted by molar-refractivity contribution is 0.476. The van der Waals surface area contributed by atoms with Crippen molar-refractivity contribution < 1.29 is 13.5 Å². The molecule has 0 atom stereocenters. The van der Waals surface area contributed by atoms with Crippen molar-refractivity contribution in [1.82, 2.24) is 9.55 Å². The molecule has 1 aromatic heterocycles. The number of nitrogens with zero attached hydrogens (tertiary/aromatic N) is 2. The molecule has 0 aliphatic heterocycles. The van der Waals surface area contributed by atoms with E-state index in [1.807, 2.05) is 0 Å². The van der Waals surface area contributed by atoms with Crippen LogP contribution in [0.25, 0.3) is 0 Å². The molecule has 8 heteroatoms. The quantitative estimate of drug-likeness (QED) is 0.898. The van der Waals surface area contributed by atoms with Crippen LogP contribution in [0.1, 0.15) is 0 Å². The zero-order valence-corrected chi connectivity index (χ0v) is 10.9. The number of aromatic hydroxyl groups is 1. The van der Waals surface area contributed by atoms with Gasteiger partial charge < -0.3 is 9.67 Å². The standard InChI is InChI=1S/C10H10ClN3O3S/c1-14-5-10(12-6-14)18(16,17)13-7-2-3-8(11)9(15)4-7/h2-6,13,15H,1H3. The van der Waals surface area contributed by atoms with Crippen molar-refractivity contribution in [2.75, 3.05) is 4.72 Å². The lowest BCUT2D eigenvalue weighted by Crippen LogP contribution is -2.13. The van der Waals surface area contributed by atoms with Gasteiger partial charge in [0.15, 0.2) is 5.03 Å². The van der Waals surface area contributed by atoms with Gasteiger partial charge >= 0.3 is 0 Å². The number of aromatic nitrogens is 2. The van der Waals surface area contributed by atoms with Gasteiger partial charge in [-0.25, -0.2) is 4.98 Å². The Morgan fingerprint density at radius 1 is 1.44 bits per heavy atom. The minimum absolute atomic E-state index is 0.0977. The maximum atomic E-state index is 11.9. The van der Waals surface area contributed by atoms with E-state index < -0.39 is 10.0 Å². The first-order chi connectivity index (χ1) is 8.38. The number of phenolic OH excluding ortho intramolecular Hbond substituents is 1. The van der Waals surface area contributed by atoms with Gasteiger partial charge in [0, 0.05) is 19.3 Å². The van der Waals surface area contributed by atoms with Crippen molar-refractivity contribution in [3.05, 3.63) is 35.7 Å². The van der Waals surface area contributed by atoms with E-state index in [1.165, 1.54) is 35.3 Å². The molecule has 0 bridgehead atoms. The molecule has 1 aromatic carbocycles. The monoisotopic (exact) mass is 287 g/mol. The van der Waals surface area contributed by atoms with Gasteiger partial charge in [0.25, 0.3) is 10.0 Å². The summed E-state index contributed by atoms with van der Waals surface area (Å²) in [6.07, 6.45) is 2.76. The SMILES string of the molecule is Cn1cnc(S(=O)(=O)Nc2ccc(Cl)c(O)c2)c1. The largest absolute Gasteiger partial charge is 0.506 e. The van der Waals surface area contributed by atoms with E-state index in [0.29, 0.717) is 0 Å². The number of phenols is 1. The summed E-state index contributed by atoms with van der Waals surface area (Å²) >= 11 is 5.63. The molecule has 0 saturated heterocycles. The van der Waals surface area contributed by atoms with E-state index in [9.17, 15) is 13.5 Å². The summed E-state index contributed by atoms with van der Waals surface area (Å²) in [5.74, 6) is -0.196. The average Bonchev–Trinajstić information content (AvgIpc) is 2.71. The summed E-state index contributed by atoms with van der Waals surface area (Å²) in [4.78, 5) is 3.75. The van der Waals surface area contributed by atoms with E-state index in [1.54, 1.807) is 7.05 Å². The van der Waals surface area contributed by atoms with Crippen LogP contribution in [0.3, 0.4) is 0 Å². The predicted molar refractivity (Wildman–Crippen MR) is 67.1 cm³/mol. The van der Waals surface area contributed by atoms with Gasteiger partial charge in [-0.3, -0.25) is 4.72 Å². The minimum atomic E-state index is -3.76. The smallest absolute Gasteiger partial charge is 0.280 e. The predicted octanol–water partition coefficient (Wildman–Crippen LogP) is 1.58. The summed E-state index contributed by atoms with van der Waals surface area (Å²) in [5.41, 5.74) is 0.211. The van der Waals surface area contributed by atoms with Crippen molar-refractivity contribution >= 4 is 27.3 Å². The highest BCUT2D eigenvalue weighted by Gasteiger charge is 2.17. The first kappa shape index (κ1) is 12.7. The van der Waals surface area contributed by atoms with Crippen LogP contribution in [-0.2, 0) is 17.1 Å². The Kier molecular flexibility index (Phi) is 3.18. The van der Waals surface area contributed by atoms with Crippen LogP contribution in [0.4, 0.5) is 5.69 Å². The van der Waals surface area contributed by atoms with Crippen LogP contribution in [0.2, 0.25) is 5.02 Å². The molecule has 2 aromatic rings. The Morgan fingerprint density at radius 2 is 2.17 bits per heavy atom. The minimum Gasteiger partial charge on any atom is -0.506 e. The Hall–Kier alpha value is -1.73. The highest BCUT2D eigenvalue weighted by Crippen LogP contribution is 2.27. The summed E-state index contributed by atoms with van der Waals surface area (Å²) < 4.78 is 27.6. The third-order valence-corrected chi connectivity index (χ3v) is 3.74. The Balaban J connectivity index is 2.30. The van der Waals surface area contributed by atoms with E-state index in [2.05, 4.69) is 9.71 Å². The molecular formula is C10H10ClN3O3S. The fourth-order valence-electron chi connectivity index (χ4n) is 1.31. The molecule has 0 radical (unpaired) electrons. The Bertz CT molecular complexity index is 681. The average molecular weight is 288 g/mol. The lowest BCUT2D eigenvalue weighted by Gasteiger charge is -2.06. The van der Waals surface area contributed by atoms with Crippen LogP contribution in [0, 0.1) is 0 Å². The third kappa shape index (κ3) is 2.57. The molecule has 2 N–H and O–H groups in total. The van der Waals surface area contributed by atoms with Gasteiger partial charge in [0.1, 0.15) is 5.75 Å². The van der Waals surface area contributed by atoms with Crippen molar-refractivity contribution in [2.24, 2.45) is 7.05 Å². The van der Waals surface area contributed by atoms with Crippen LogP contribution in [-0.4, -0.2) is 23.1 Å². The number of hydrogen-bond donors (Lipinski definition) is 2. The van der Waals surface area contributed by atoms with E-state index in [-0.39, 0.29) is 21.5 Å². The molecule has 0 aliphatic rings. The maximum absolute atomic E-state index is 11.9. The number of halogens is 1. The molecule has 6 nitrogen and oxygen atoms in total. The molecule has 0 aliphatic carbocycles. The topological polar surface area (TPSA) is 84.2 Å². The van der Waals surface area contributed by atoms with Crippen LogP contribution in [0.5, 0.6) is 5.75 Å². The number of anilines is 1. The van der Waals surface area contributed by atoms with E-state index in [4.69, 9.17) is 11.6 Å². The molecule has 0 fully saturated rings. The van der Waals surface area contributed by atoms with E-state index in [0.717, 1.165) is 0 Å². The fraction of sp³-hybridized carbons (Fsp3) is 0.100. The van der Waals surface area contributed by atoms with Crippen LogP contribution in [0.15, 0.2) is 35.7 Å². The molecule has 0 amide bonds. The second kappa shape index (κ2) is 4.51. The molecule has 2 rings (SSSR count). The van der Waals surface area contributed by atoms with Gasteiger partial charge in [-0.1, -0.05) is 11.6 Å². The molecule has 0 unspecified atom stereocenters. The highest BCUT2D eigenvalue weighted by atomic mass is 35.5. The number of hydrogen-bond acceptors (Lipinski definition) is 4. The van der Waals surface area contributed by atoms with Gasteiger partial charge in [0.05, 0.1) is 17.0 Å². The van der Waals surface area contributed by atoms with Crippen LogP contribution < -0.4 is 4.72 Å². The number of rotatable bonds is 3. The van der Waals surface area contributed by atoms with Crippen molar-refractivity contribution in [1.29, 1.82) is 0 Å².